The molecule has 0 bridgehead atoms. The van der Waals surface area contributed by atoms with Crippen LogP contribution in [0.3, 0.4) is 0 Å². The van der Waals surface area contributed by atoms with Crippen molar-refractivity contribution in [2.75, 3.05) is 44.2 Å². The molecular weight excluding hydrogens is 316 g/mol. The van der Waals surface area contributed by atoms with Gasteiger partial charge >= 0.3 is 0 Å². The Hall–Kier alpha value is -1.22. The third-order valence-electron chi connectivity index (χ3n) is 4.25. The van der Waals surface area contributed by atoms with Crippen LogP contribution in [0.5, 0.6) is 0 Å². The number of ether oxygens (including phenoxy) is 1. The van der Waals surface area contributed by atoms with E-state index in [1.165, 1.54) is 0 Å². The average molecular weight is 340 g/mol. The summed E-state index contributed by atoms with van der Waals surface area (Å²) in [5, 5.41) is 0. The van der Waals surface area contributed by atoms with Gasteiger partial charge in [-0.15, -0.1) is 0 Å². The summed E-state index contributed by atoms with van der Waals surface area (Å²) in [6, 6.07) is 5.78. The Kier molecular flexibility index (Phi) is 4.86. The predicted octanol–water partition coefficient (Wildman–Crippen LogP) is 0.558. The molecule has 3 heterocycles. The Morgan fingerprint density at radius 3 is 2.26 bits per heavy atom. The number of hydrogen-bond acceptors (Lipinski definition) is 5. The molecule has 0 N–H and O–H groups in total. The molecule has 1 aromatic heterocycles. The van der Waals surface area contributed by atoms with E-state index in [9.17, 15) is 8.42 Å². The van der Waals surface area contributed by atoms with Crippen molar-refractivity contribution in [1.29, 1.82) is 0 Å². The van der Waals surface area contributed by atoms with Gasteiger partial charge < -0.3 is 9.64 Å². The van der Waals surface area contributed by atoms with Gasteiger partial charge in [0.05, 0.1) is 12.2 Å². The topological polar surface area (TPSA) is 66.0 Å². The lowest BCUT2D eigenvalue weighted by molar-refractivity contribution is -0.0455. The summed E-state index contributed by atoms with van der Waals surface area (Å²) in [5.41, 5.74) is 0. The predicted molar refractivity (Wildman–Crippen MR) is 88.5 cm³/mol. The molecule has 23 heavy (non-hydrogen) atoms. The van der Waals surface area contributed by atoms with E-state index in [4.69, 9.17) is 4.74 Å². The summed E-state index contributed by atoms with van der Waals surface area (Å²) in [5.74, 6) is 0.901. The van der Waals surface area contributed by atoms with Crippen molar-refractivity contribution in [1.82, 2.24) is 13.6 Å². The molecule has 7 nitrogen and oxygen atoms in total. The molecular formula is C15H24N4O3S. The van der Waals surface area contributed by atoms with Gasteiger partial charge in [0.2, 0.25) is 0 Å². The Labute approximate surface area is 138 Å². The van der Waals surface area contributed by atoms with Crippen LogP contribution in [0.2, 0.25) is 0 Å². The summed E-state index contributed by atoms with van der Waals surface area (Å²) < 4.78 is 34.4. The zero-order valence-corrected chi connectivity index (χ0v) is 14.4. The van der Waals surface area contributed by atoms with E-state index in [0.29, 0.717) is 39.3 Å². The highest BCUT2D eigenvalue weighted by atomic mass is 32.2. The lowest BCUT2D eigenvalue weighted by atomic mass is 10.3. The first kappa shape index (κ1) is 16.6. The second kappa shape index (κ2) is 6.72. The van der Waals surface area contributed by atoms with E-state index in [-0.39, 0.29) is 12.2 Å². The second-order valence-corrected chi connectivity index (χ2v) is 8.08. The number of pyridine rings is 1. The number of aromatic nitrogens is 1. The Morgan fingerprint density at radius 1 is 1.04 bits per heavy atom. The number of morpholine rings is 1. The Bertz CT molecular complexity index is 607. The minimum atomic E-state index is -3.42. The van der Waals surface area contributed by atoms with Crippen molar-refractivity contribution in [2.24, 2.45) is 0 Å². The minimum absolute atomic E-state index is 0.0664. The Balaban J connectivity index is 1.64. The van der Waals surface area contributed by atoms with Crippen molar-refractivity contribution in [3.8, 4) is 0 Å². The number of nitrogens with zero attached hydrogens (tertiary/aromatic N) is 4. The van der Waals surface area contributed by atoms with E-state index in [1.807, 2.05) is 32.0 Å². The van der Waals surface area contributed by atoms with Crippen molar-refractivity contribution >= 4 is 16.0 Å². The molecule has 2 aliphatic rings. The van der Waals surface area contributed by atoms with Crippen molar-refractivity contribution in [2.45, 2.75) is 26.1 Å². The molecule has 0 aromatic carbocycles. The van der Waals surface area contributed by atoms with Gasteiger partial charge in [-0.05, 0) is 26.0 Å². The van der Waals surface area contributed by atoms with Crippen molar-refractivity contribution in [3.63, 3.8) is 0 Å². The van der Waals surface area contributed by atoms with Gasteiger partial charge in [-0.2, -0.15) is 17.0 Å². The van der Waals surface area contributed by atoms with Crippen LogP contribution in [0.4, 0.5) is 5.82 Å². The first-order valence-electron chi connectivity index (χ1n) is 8.03. The molecule has 2 fully saturated rings. The molecule has 8 heteroatoms. The lowest BCUT2D eigenvalue weighted by Gasteiger charge is -2.40. The largest absolute Gasteiger partial charge is 0.373 e. The zero-order valence-electron chi connectivity index (χ0n) is 13.6. The lowest BCUT2D eigenvalue weighted by Crippen LogP contribution is -2.57. The number of anilines is 1. The summed E-state index contributed by atoms with van der Waals surface area (Å²) in [6.45, 7) is 6.96. The van der Waals surface area contributed by atoms with Gasteiger partial charge in [-0.25, -0.2) is 4.98 Å². The molecule has 0 radical (unpaired) electrons. The average Bonchev–Trinajstić information content (AvgIpc) is 2.55. The quantitative estimate of drug-likeness (QED) is 0.804. The van der Waals surface area contributed by atoms with Crippen LogP contribution in [-0.4, -0.2) is 73.5 Å². The second-order valence-electron chi connectivity index (χ2n) is 6.16. The van der Waals surface area contributed by atoms with Crippen LogP contribution in [0.1, 0.15) is 13.8 Å². The first-order chi connectivity index (χ1) is 11.0. The SMILES string of the molecule is C[C@@H]1CN(S(=O)(=O)N2CCN(c3ccccn3)CC2)C[C@@H](C)O1. The standard InChI is InChI=1S/C15H24N4O3S/c1-13-11-19(12-14(2)22-13)23(20,21)18-9-7-17(8-10-18)15-5-3-4-6-16-15/h3-6,13-14H,7-12H2,1-2H3/t13-,14-/m1/s1. The van der Waals surface area contributed by atoms with E-state index in [2.05, 4.69) is 9.88 Å². The fourth-order valence-corrected chi connectivity index (χ4v) is 4.92. The van der Waals surface area contributed by atoms with Crippen LogP contribution in [0.25, 0.3) is 0 Å². The van der Waals surface area contributed by atoms with Crippen LogP contribution < -0.4 is 4.90 Å². The Morgan fingerprint density at radius 2 is 1.70 bits per heavy atom. The van der Waals surface area contributed by atoms with Crippen LogP contribution in [0.15, 0.2) is 24.4 Å². The highest BCUT2D eigenvalue weighted by Gasteiger charge is 2.36. The molecule has 0 spiro atoms. The molecule has 0 saturated carbocycles. The summed E-state index contributed by atoms with van der Waals surface area (Å²) in [6.07, 6.45) is 1.63. The van der Waals surface area contributed by atoms with E-state index in [1.54, 1.807) is 14.8 Å². The first-order valence-corrected chi connectivity index (χ1v) is 9.43. The number of rotatable bonds is 3. The van der Waals surface area contributed by atoms with Gasteiger partial charge in [-0.1, -0.05) is 6.07 Å². The maximum absolute atomic E-state index is 12.8. The normalized spacial score (nSPS) is 28.0. The molecule has 2 aliphatic heterocycles. The summed E-state index contributed by atoms with van der Waals surface area (Å²) in [4.78, 5) is 6.45. The zero-order chi connectivity index (χ0) is 16.4. The molecule has 0 aliphatic carbocycles. The molecule has 2 atom stereocenters. The maximum Gasteiger partial charge on any atom is 0.282 e. The minimum Gasteiger partial charge on any atom is -0.373 e. The number of piperazine rings is 1. The maximum atomic E-state index is 12.8. The van der Waals surface area contributed by atoms with Gasteiger partial charge in [-0.3, -0.25) is 0 Å². The smallest absolute Gasteiger partial charge is 0.282 e. The monoisotopic (exact) mass is 340 g/mol. The van der Waals surface area contributed by atoms with Gasteiger partial charge in [0.1, 0.15) is 5.82 Å². The molecule has 3 rings (SSSR count). The van der Waals surface area contributed by atoms with Gasteiger partial charge in [0.25, 0.3) is 10.2 Å². The van der Waals surface area contributed by atoms with Crippen LogP contribution >= 0.6 is 0 Å². The van der Waals surface area contributed by atoms with Crippen LogP contribution in [-0.2, 0) is 14.9 Å². The van der Waals surface area contributed by atoms with E-state index < -0.39 is 10.2 Å². The molecule has 128 valence electrons. The molecule has 2 saturated heterocycles. The van der Waals surface area contributed by atoms with E-state index >= 15 is 0 Å². The third-order valence-corrected chi connectivity index (χ3v) is 6.22. The van der Waals surface area contributed by atoms with Crippen molar-refractivity contribution in [3.05, 3.63) is 24.4 Å². The molecule has 0 amide bonds. The summed E-state index contributed by atoms with van der Waals surface area (Å²) >= 11 is 0. The highest BCUT2D eigenvalue weighted by molar-refractivity contribution is 7.86. The fraction of sp³-hybridized carbons (Fsp3) is 0.667. The fourth-order valence-electron chi connectivity index (χ4n) is 3.17. The van der Waals surface area contributed by atoms with Crippen molar-refractivity contribution < 1.29 is 13.2 Å². The summed E-state index contributed by atoms with van der Waals surface area (Å²) in [7, 11) is -3.42. The van der Waals surface area contributed by atoms with Gasteiger partial charge in [0, 0.05) is 45.5 Å². The third kappa shape index (κ3) is 3.65. The molecule has 0 unspecified atom stereocenters. The molecule has 1 aromatic rings. The van der Waals surface area contributed by atoms with Crippen LogP contribution in [0, 0.1) is 0 Å². The van der Waals surface area contributed by atoms with Gasteiger partial charge in [0.15, 0.2) is 0 Å². The highest BCUT2D eigenvalue weighted by Crippen LogP contribution is 2.20. The number of hydrogen-bond donors (Lipinski definition) is 0. The van der Waals surface area contributed by atoms with E-state index in [0.717, 1.165) is 5.82 Å².